The third-order valence-electron chi connectivity index (χ3n) is 3.01. The van der Waals surface area contributed by atoms with Crippen molar-refractivity contribution in [2.24, 2.45) is 5.92 Å². The minimum absolute atomic E-state index is 0.0550. The van der Waals surface area contributed by atoms with Crippen LogP contribution in [0.5, 0.6) is 0 Å². The van der Waals surface area contributed by atoms with E-state index >= 15 is 0 Å². The van der Waals surface area contributed by atoms with Crippen molar-refractivity contribution in [3.05, 3.63) is 0 Å². The third-order valence-corrected chi connectivity index (χ3v) is 3.01. The molecule has 0 bridgehead atoms. The molecule has 3 amide bonds. The molecular weight excluding hydrogens is 194 g/mol. The monoisotopic (exact) mass is 211 g/mol. The van der Waals surface area contributed by atoms with Gasteiger partial charge in [0.25, 0.3) is 0 Å². The van der Waals surface area contributed by atoms with Crippen LogP contribution in [0.2, 0.25) is 0 Å². The van der Waals surface area contributed by atoms with E-state index in [1.807, 2.05) is 13.8 Å². The normalized spacial score (nSPS) is 22.9. The maximum absolute atomic E-state index is 11.8. The molecule has 1 N–H and O–H groups in total. The smallest absolute Gasteiger partial charge is 0.316 e. The molecule has 0 aromatic rings. The van der Waals surface area contributed by atoms with Crippen LogP contribution in [-0.4, -0.2) is 54.0 Å². The van der Waals surface area contributed by atoms with Crippen molar-refractivity contribution in [2.75, 3.05) is 26.2 Å². The molecule has 2 aliphatic heterocycles. The number of urea groups is 1. The van der Waals surface area contributed by atoms with E-state index < -0.39 is 0 Å². The van der Waals surface area contributed by atoms with Crippen LogP contribution in [0.25, 0.3) is 0 Å². The van der Waals surface area contributed by atoms with E-state index in [0.717, 1.165) is 13.1 Å². The summed E-state index contributed by atoms with van der Waals surface area (Å²) in [6.45, 7) is 6.52. The fraction of sp³-hybridized carbons (Fsp3) is 0.800. The first-order chi connectivity index (χ1) is 7.09. The molecule has 15 heavy (non-hydrogen) atoms. The van der Waals surface area contributed by atoms with E-state index in [9.17, 15) is 9.59 Å². The molecule has 0 spiro atoms. The van der Waals surface area contributed by atoms with Gasteiger partial charge >= 0.3 is 6.03 Å². The molecule has 5 heteroatoms. The van der Waals surface area contributed by atoms with E-state index in [0.29, 0.717) is 12.5 Å². The van der Waals surface area contributed by atoms with Crippen molar-refractivity contribution in [1.29, 1.82) is 0 Å². The Hall–Kier alpha value is -1.10. The van der Waals surface area contributed by atoms with Crippen molar-refractivity contribution < 1.29 is 9.59 Å². The summed E-state index contributed by atoms with van der Waals surface area (Å²) in [7, 11) is 0. The highest BCUT2D eigenvalue weighted by Crippen LogP contribution is 2.16. The number of hydrogen-bond acceptors (Lipinski definition) is 3. The highest BCUT2D eigenvalue weighted by molar-refractivity contribution is 6.02. The van der Waals surface area contributed by atoms with Crippen LogP contribution in [-0.2, 0) is 4.79 Å². The van der Waals surface area contributed by atoms with Crippen LogP contribution in [0.15, 0.2) is 0 Å². The number of nitrogens with zero attached hydrogens (tertiary/aromatic N) is 2. The Morgan fingerprint density at radius 3 is 2.47 bits per heavy atom. The Kier molecular flexibility index (Phi) is 2.65. The highest BCUT2D eigenvalue weighted by atomic mass is 16.2. The van der Waals surface area contributed by atoms with E-state index in [1.54, 1.807) is 4.90 Å². The Morgan fingerprint density at radius 1 is 1.40 bits per heavy atom. The first-order valence-corrected chi connectivity index (χ1v) is 5.41. The van der Waals surface area contributed by atoms with Crippen molar-refractivity contribution in [2.45, 2.75) is 19.9 Å². The number of imide groups is 1. The van der Waals surface area contributed by atoms with Gasteiger partial charge in [0.1, 0.15) is 6.54 Å². The number of nitrogens with one attached hydrogen (secondary N) is 1. The molecule has 5 nitrogen and oxygen atoms in total. The summed E-state index contributed by atoms with van der Waals surface area (Å²) in [6.07, 6.45) is 0. The van der Waals surface area contributed by atoms with Crippen LogP contribution in [0, 0.1) is 5.92 Å². The maximum Gasteiger partial charge on any atom is 0.327 e. The zero-order chi connectivity index (χ0) is 11.0. The minimum Gasteiger partial charge on any atom is -0.316 e. The van der Waals surface area contributed by atoms with Crippen molar-refractivity contribution >= 4 is 11.9 Å². The summed E-state index contributed by atoms with van der Waals surface area (Å²) in [4.78, 5) is 26.5. The first-order valence-electron chi connectivity index (χ1n) is 5.41. The predicted molar refractivity (Wildman–Crippen MR) is 55.3 cm³/mol. The summed E-state index contributed by atoms with van der Waals surface area (Å²) in [6, 6.07) is -0.0205. The van der Waals surface area contributed by atoms with E-state index in [-0.39, 0.29) is 24.5 Å². The van der Waals surface area contributed by atoms with Crippen LogP contribution in [0.4, 0.5) is 4.79 Å². The average Bonchev–Trinajstić information content (AvgIpc) is 2.36. The minimum atomic E-state index is -0.123. The summed E-state index contributed by atoms with van der Waals surface area (Å²) < 4.78 is 0. The molecule has 84 valence electrons. The van der Waals surface area contributed by atoms with Crippen molar-refractivity contribution in [3.8, 4) is 0 Å². The van der Waals surface area contributed by atoms with Gasteiger partial charge in [-0.1, -0.05) is 0 Å². The van der Waals surface area contributed by atoms with Gasteiger partial charge in [-0.3, -0.25) is 9.69 Å². The molecule has 0 saturated carbocycles. The van der Waals surface area contributed by atoms with E-state index in [2.05, 4.69) is 5.32 Å². The zero-order valence-electron chi connectivity index (χ0n) is 9.19. The molecule has 0 atom stereocenters. The van der Waals surface area contributed by atoms with Crippen LogP contribution >= 0.6 is 0 Å². The van der Waals surface area contributed by atoms with E-state index in [1.165, 1.54) is 4.90 Å². The van der Waals surface area contributed by atoms with Gasteiger partial charge in [0.15, 0.2) is 0 Å². The average molecular weight is 211 g/mol. The van der Waals surface area contributed by atoms with Gasteiger partial charge < -0.3 is 10.2 Å². The van der Waals surface area contributed by atoms with Gasteiger partial charge in [0.05, 0.1) is 0 Å². The molecule has 2 heterocycles. The fourth-order valence-corrected chi connectivity index (χ4v) is 1.88. The number of carbonyl (C=O) groups is 2. The zero-order valence-corrected chi connectivity index (χ0v) is 9.19. The SMILES string of the molecule is CC(C)N1CC(=O)N(CC2CNC2)C1=O. The van der Waals surface area contributed by atoms with E-state index in [4.69, 9.17) is 0 Å². The Bertz CT molecular complexity index is 286. The van der Waals surface area contributed by atoms with Gasteiger partial charge in [-0.2, -0.15) is 0 Å². The summed E-state index contributed by atoms with van der Waals surface area (Å²) in [5.74, 6) is 0.394. The number of hydrogen-bond donors (Lipinski definition) is 1. The molecule has 2 rings (SSSR count). The molecule has 0 aromatic heterocycles. The lowest BCUT2D eigenvalue weighted by molar-refractivity contribution is -0.126. The predicted octanol–water partition coefficient (Wildman–Crippen LogP) is -0.122. The second-order valence-corrected chi connectivity index (χ2v) is 4.53. The van der Waals surface area contributed by atoms with Gasteiger partial charge in [0, 0.05) is 31.6 Å². The second kappa shape index (κ2) is 3.81. The van der Waals surface area contributed by atoms with Gasteiger partial charge in [-0.05, 0) is 13.8 Å². The molecule has 2 saturated heterocycles. The number of rotatable bonds is 3. The third kappa shape index (κ3) is 1.84. The Labute approximate surface area is 89.4 Å². The highest BCUT2D eigenvalue weighted by Gasteiger charge is 2.38. The topological polar surface area (TPSA) is 52.7 Å². The second-order valence-electron chi connectivity index (χ2n) is 4.53. The fourth-order valence-electron chi connectivity index (χ4n) is 1.88. The summed E-state index contributed by atoms with van der Waals surface area (Å²) >= 11 is 0. The summed E-state index contributed by atoms with van der Waals surface area (Å²) in [5.41, 5.74) is 0. The molecule has 2 fully saturated rings. The van der Waals surface area contributed by atoms with Gasteiger partial charge in [0.2, 0.25) is 5.91 Å². The lowest BCUT2D eigenvalue weighted by atomic mass is 10.0. The van der Waals surface area contributed by atoms with Crippen LogP contribution in [0.1, 0.15) is 13.8 Å². The lowest BCUT2D eigenvalue weighted by Crippen LogP contribution is -2.50. The first kappa shape index (κ1) is 10.4. The van der Waals surface area contributed by atoms with Crippen LogP contribution < -0.4 is 5.32 Å². The van der Waals surface area contributed by atoms with Gasteiger partial charge in [-0.15, -0.1) is 0 Å². The Morgan fingerprint density at radius 2 is 2.07 bits per heavy atom. The Balaban J connectivity index is 1.99. The number of carbonyl (C=O) groups excluding carboxylic acids is 2. The maximum atomic E-state index is 11.8. The van der Waals surface area contributed by atoms with Crippen LogP contribution in [0.3, 0.4) is 0 Å². The quantitative estimate of drug-likeness (QED) is 0.662. The molecule has 0 radical (unpaired) electrons. The molecule has 0 aromatic carbocycles. The summed E-state index contributed by atoms with van der Waals surface area (Å²) in [5, 5.41) is 3.14. The van der Waals surface area contributed by atoms with Gasteiger partial charge in [-0.25, -0.2) is 4.79 Å². The molecular formula is C10H17N3O2. The van der Waals surface area contributed by atoms with Crippen molar-refractivity contribution in [1.82, 2.24) is 15.1 Å². The van der Waals surface area contributed by atoms with Crippen molar-refractivity contribution in [3.63, 3.8) is 0 Å². The lowest BCUT2D eigenvalue weighted by Gasteiger charge is -2.30. The number of amides is 3. The molecule has 2 aliphatic rings. The molecule has 0 unspecified atom stereocenters. The largest absolute Gasteiger partial charge is 0.327 e. The molecule has 0 aliphatic carbocycles. The standard InChI is InChI=1S/C10H17N3O2/c1-7(2)12-6-9(14)13(10(12)15)5-8-3-11-4-8/h7-8,11H,3-6H2,1-2H3.